The fourth-order valence-corrected chi connectivity index (χ4v) is 5.11. The minimum absolute atomic E-state index is 0.258. The standard InChI is InChI=1S/C26H28ClN3O4/c1-32-22-14-21-23(25-24(22)33-9-10-34-25)26(29-15-28-21)30-18-8-7-17(20(27)13-18)12-19(31)11-16-5-3-2-4-6-16/h7-8,13-16H,2-6,9-12H2,1H3,(H,28,29,30). The van der Waals surface area contributed by atoms with Gasteiger partial charge in [0.15, 0.2) is 11.5 Å². The second-order valence-electron chi connectivity index (χ2n) is 8.91. The summed E-state index contributed by atoms with van der Waals surface area (Å²) in [7, 11) is 1.59. The first kappa shape index (κ1) is 22.7. The Morgan fingerprint density at radius 1 is 1.12 bits per heavy atom. The number of anilines is 2. The molecule has 1 aromatic heterocycles. The first-order valence-corrected chi connectivity index (χ1v) is 12.2. The van der Waals surface area contributed by atoms with Crippen LogP contribution in [0, 0.1) is 5.92 Å². The van der Waals surface area contributed by atoms with Crippen molar-refractivity contribution in [1.29, 1.82) is 0 Å². The molecule has 1 fully saturated rings. The summed E-state index contributed by atoms with van der Waals surface area (Å²) >= 11 is 6.57. The molecule has 34 heavy (non-hydrogen) atoms. The average Bonchev–Trinajstić information content (AvgIpc) is 2.86. The first-order valence-electron chi connectivity index (χ1n) is 11.8. The Labute approximate surface area is 203 Å². The monoisotopic (exact) mass is 481 g/mol. The molecule has 2 aromatic carbocycles. The van der Waals surface area contributed by atoms with Gasteiger partial charge in [0.25, 0.3) is 0 Å². The highest BCUT2D eigenvalue weighted by atomic mass is 35.5. The third kappa shape index (κ3) is 4.75. The van der Waals surface area contributed by atoms with Crippen molar-refractivity contribution < 1.29 is 19.0 Å². The molecule has 0 radical (unpaired) electrons. The highest BCUT2D eigenvalue weighted by Crippen LogP contribution is 2.47. The summed E-state index contributed by atoms with van der Waals surface area (Å²) in [5.41, 5.74) is 2.28. The van der Waals surface area contributed by atoms with Gasteiger partial charge in [-0.05, 0) is 23.6 Å². The normalized spacial score (nSPS) is 15.8. The summed E-state index contributed by atoms with van der Waals surface area (Å²) in [6.45, 7) is 0.876. The van der Waals surface area contributed by atoms with Crippen molar-refractivity contribution in [2.75, 3.05) is 25.6 Å². The molecule has 7 nitrogen and oxygen atoms in total. The number of nitrogens with zero attached hydrogens (tertiary/aromatic N) is 2. The van der Waals surface area contributed by atoms with Gasteiger partial charge >= 0.3 is 0 Å². The number of halogens is 1. The van der Waals surface area contributed by atoms with Gasteiger partial charge in [-0.3, -0.25) is 4.79 Å². The van der Waals surface area contributed by atoms with Crippen LogP contribution in [0.3, 0.4) is 0 Å². The minimum Gasteiger partial charge on any atom is -0.493 e. The highest BCUT2D eigenvalue weighted by molar-refractivity contribution is 6.31. The molecular formula is C26H28ClN3O4. The van der Waals surface area contributed by atoms with Gasteiger partial charge in [0.05, 0.1) is 18.0 Å². The quantitative estimate of drug-likeness (QED) is 0.450. The Kier molecular flexibility index (Phi) is 6.72. The molecule has 0 amide bonds. The number of Topliss-reactive ketones (excluding diaryl/α,β-unsaturated/α-hetero) is 1. The molecule has 1 saturated carbocycles. The van der Waals surface area contributed by atoms with Crippen molar-refractivity contribution in [3.63, 3.8) is 0 Å². The third-order valence-electron chi connectivity index (χ3n) is 6.54. The van der Waals surface area contributed by atoms with Crippen LogP contribution in [-0.2, 0) is 11.2 Å². The Hall–Kier alpha value is -3.06. The first-order chi connectivity index (χ1) is 16.6. The van der Waals surface area contributed by atoms with E-state index in [9.17, 15) is 4.79 Å². The lowest BCUT2D eigenvalue weighted by Gasteiger charge is -2.23. The zero-order chi connectivity index (χ0) is 23.5. The SMILES string of the molecule is COc1cc2ncnc(Nc3ccc(CC(=O)CC4CCCCC4)c(Cl)c3)c2c2c1OCCO2. The van der Waals surface area contributed by atoms with Gasteiger partial charge < -0.3 is 19.5 Å². The molecular weight excluding hydrogens is 454 g/mol. The van der Waals surface area contributed by atoms with Crippen LogP contribution in [0.4, 0.5) is 11.5 Å². The zero-order valence-corrected chi connectivity index (χ0v) is 20.0. The fraction of sp³-hybridized carbons (Fsp3) is 0.423. The molecule has 1 aliphatic heterocycles. The maximum absolute atomic E-state index is 12.6. The van der Waals surface area contributed by atoms with E-state index >= 15 is 0 Å². The van der Waals surface area contributed by atoms with Crippen molar-refractivity contribution in [2.45, 2.75) is 44.9 Å². The van der Waals surface area contributed by atoms with Crippen molar-refractivity contribution >= 4 is 39.8 Å². The number of methoxy groups -OCH3 is 1. The molecule has 0 bridgehead atoms. The average molecular weight is 482 g/mol. The summed E-state index contributed by atoms with van der Waals surface area (Å²) < 4.78 is 17.2. The van der Waals surface area contributed by atoms with E-state index in [2.05, 4.69) is 15.3 Å². The van der Waals surface area contributed by atoms with Crippen LogP contribution < -0.4 is 19.5 Å². The summed E-state index contributed by atoms with van der Waals surface area (Å²) in [5.74, 6) is 3.03. The summed E-state index contributed by atoms with van der Waals surface area (Å²) in [6, 6.07) is 7.46. The second kappa shape index (κ2) is 10.1. The molecule has 178 valence electrons. The minimum atomic E-state index is 0.258. The fourth-order valence-electron chi connectivity index (χ4n) is 4.86. The number of hydrogen-bond acceptors (Lipinski definition) is 7. The third-order valence-corrected chi connectivity index (χ3v) is 6.89. The molecule has 0 atom stereocenters. The predicted octanol–water partition coefficient (Wildman–Crippen LogP) is 5.89. The van der Waals surface area contributed by atoms with E-state index in [0.717, 1.165) is 11.3 Å². The van der Waals surface area contributed by atoms with E-state index in [-0.39, 0.29) is 5.78 Å². The molecule has 2 aliphatic rings. The van der Waals surface area contributed by atoms with Crippen molar-refractivity contribution in [2.24, 2.45) is 5.92 Å². The topological polar surface area (TPSA) is 82.6 Å². The Morgan fingerprint density at radius 2 is 1.91 bits per heavy atom. The van der Waals surface area contributed by atoms with Crippen LogP contribution >= 0.6 is 11.6 Å². The number of hydrogen-bond donors (Lipinski definition) is 1. The lowest BCUT2D eigenvalue weighted by Crippen LogP contribution is -2.16. The van der Waals surface area contributed by atoms with E-state index in [4.69, 9.17) is 25.8 Å². The number of aromatic nitrogens is 2. The smallest absolute Gasteiger partial charge is 0.204 e. The van der Waals surface area contributed by atoms with Crippen LogP contribution in [0.15, 0.2) is 30.6 Å². The van der Waals surface area contributed by atoms with Gasteiger partial charge in [0.2, 0.25) is 5.75 Å². The molecule has 3 aromatic rings. The van der Waals surface area contributed by atoms with E-state index in [1.165, 1.54) is 38.4 Å². The molecule has 1 N–H and O–H groups in total. The molecule has 0 unspecified atom stereocenters. The number of carbonyl (C=O) groups is 1. The van der Waals surface area contributed by atoms with Gasteiger partial charge in [-0.2, -0.15) is 0 Å². The van der Waals surface area contributed by atoms with Crippen molar-refractivity contribution in [3.05, 3.63) is 41.2 Å². The Balaban J connectivity index is 1.37. The van der Waals surface area contributed by atoms with E-state index < -0.39 is 0 Å². The van der Waals surface area contributed by atoms with Crippen LogP contribution in [0.5, 0.6) is 17.2 Å². The van der Waals surface area contributed by atoms with Crippen LogP contribution in [-0.4, -0.2) is 36.1 Å². The van der Waals surface area contributed by atoms with E-state index in [0.29, 0.717) is 71.0 Å². The van der Waals surface area contributed by atoms with Gasteiger partial charge in [-0.1, -0.05) is 49.8 Å². The second-order valence-corrected chi connectivity index (χ2v) is 9.31. The number of benzene rings is 2. The van der Waals surface area contributed by atoms with Crippen molar-refractivity contribution in [1.82, 2.24) is 9.97 Å². The number of ether oxygens (including phenoxy) is 3. The largest absolute Gasteiger partial charge is 0.493 e. The number of carbonyl (C=O) groups excluding carboxylic acids is 1. The molecule has 8 heteroatoms. The molecule has 2 heterocycles. The van der Waals surface area contributed by atoms with Gasteiger partial charge in [-0.25, -0.2) is 9.97 Å². The van der Waals surface area contributed by atoms with Crippen LogP contribution in [0.25, 0.3) is 10.9 Å². The van der Waals surface area contributed by atoms with E-state index in [1.54, 1.807) is 7.11 Å². The van der Waals surface area contributed by atoms with Crippen LogP contribution in [0.2, 0.25) is 5.02 Å². The molecule has 5 rings (SSSR count). The zero-order valence-electron chi connectivity index (χ0n) is 19.2. The summed E-state index contributed by atoms with van der Waals surface area (Å²) in [5, 5.41) is 4.59. The lowest BCUT2D eigenvalue weighted by molar-refractivity contribution is -0.119. The number of rotatable bonds is 7. The number of ketones is 1. The van der Waals surface area contributed by atoms with Gasteiger partial charge in [0, 0.05) is 29.6 Å². The Morgan fingerprint density at radius 3 is 2.68 bits per heavy atom. The van der Waals surface area contributed by atoms with Gasteiger partial charge in [0.1, 0.15) is 31.1 Å². The molecule has 1 aliphatic carbocycles. The predicted molar refractivity (Wildman–Crippen MR) is 132 cm³/mol. The Bertz CT molecular complexity index is 1210. The lowest BCUT2D eigenvalue weighted by atomic mass is 9.85. The maximum Gasteiger partial charge on any atom is 0.204 e. The number of nitrogens with one attached hydrogen (secondary N) is 1. The summed E-state index contributed by atoms with van der Waals surface area (Å²) in [4.78, 5) is 21.4. The van der Waals surface area contributed by atoms with Gasteiger partial charge in [-0.15, -0.1) is 0 Å². The van der Waals surface area contributed by atoms with Crippen molar-refractivity contribution in [3.8, 4) is 17.2 Å². The number of fused-ring (bicyclic) bond motifs is 3. The molecule has 0 spiro atoms. The highest BCUT2D eigenvalue weighted by Gasteiger charge is 2.24. The molecule has 0 saturated heterocycles. The van der Waals surface area contributed by atoms with E-state index in [1.807, 2.05) is 24.3 Å². The summed E-state index contributed by atoms with van der Waals surface area (Å²) in [6.07, 6.45) is 8.61. The maximum atomic E-state index is 12.6. The van der Waals surface area contributed by atoms with Crippen LogP contribution in [0.1, 0.15) is 44.1 Å².